The van der Waals surface area contributed by atoms with Crippen LogP contribution in [0.25, 0.3) is 0 Å². The van der Waals surface area contributed by atoms with Crippen molar-refractivity contribution in [2.24, 2.45) is 0 Å². The van der Waals surface area contributed by atoms with Crippen molar-refractivity contribution in [3.8, 4) is 5.75 Å². The summed E-state index contributed by atoms with van der Waals surface area (Å²) >= 11 is 11.5. The standard InChI is InChI=1S/C20H14Cl2F3N3O4S/c1-32-17-5-2-11(26)7-13(17)19(29)18-16(6-10(21)9-27-18)28-33(30,31)12-3-4-15(22)14(8-12)20(23,24)25/h2-9,28H,26H2,1H3. The van der Waals surface area contributed by atoms with Crippen molar-refractivity contribution in [2.75, 3.05) is 17.6 Å². The Hall–Kier alpha value is -3.02. The molecule has 0 aliphatic rings. The number of alkyl halides is 3. The van der Waals surface area contributed by atoms with Crippen LogP contribution >= 0.6 is 23.2 Å². The molecular formula is C20H14Cl2F3N3O4S. The monoisotopic (exact) mass is 519 g/mol. The molecule has 3 N–H and O–H groups in total. The molecule has 0 unspecified atom stereocenters. The van der Waals surface area contributed by atoms with Crippen LogP contribution in [0, 0.1) is 0 Å². The van der Waals surface area contributed by atoms with E-state index in [1.807, 2.05) is 0 Å². The van der Waals surface area contributed by atoms with Gasteiger partial charge in [0.25, 0.3) is 10.0 Å². The third-order valence-corrected chi connectivity index (χ3v) is 6.23. The predicted molar refractivity (Wildman–Crippen MR) is 117 cm³/mol. The van der Waals surface area contributed by atoms with Gasteiger partial charge in [-0.15, -0.1) is 0 Å². The first-order valence-electron chi connectivity index (χ1n) is 8.87. The molecule has 1 aromatic heterocycles. The third-order valence-electron chi connectivity index (χ3n) is 4.34. The number of carbonyl (C=O) groups is 1. The Bertz CT molecular complexity index is 1350. The van der Waals surface area contributed by atoms with Crippen LogP contribution in [0.4, 0.5) is 24.5 Å². The molecule has 0 radical (unpaired) electrons. The van der Waals surface area contributed by atoms with Gasteiger partial charge in [0, 0.05) is 11.9 Å². The number of rotatable bonds is 6. The first kappa shape index (κ1) is 24.6. The molecule has 3 rings (SSSR count). The molecule has 2 aromatic carbocycles. The normalized spacial score (nSPS) is 11.8. The van der Waals surface area contributed by atoms with Crippen molar-refractivity contribution >= 4 is 50.4 Å². The van der Waals surface area contributed by atoms with E-state index in [9.17, 15) is 26.4 Å². The predicted octanol–water partition coefficient (Wildman–Crippen LogP) is 5.03. The van der Waals surface area contributed by atoms with E-state index in [0.717, 1.165) is 24.4 Å². The van der Waals surface area contributed by atoms with Crippen LogP contribution in [0.5, 0.6) is 5.75 Å². The Morgan fingerprint density at radius 3 is 2.45 bits per heavy atom. The molecule has 0 saturated heterocycles. The van der Waals surface area contributed by atoms with Crippen molar-refractivity contribution in [1.29, 1.82) is 0 Å². The molecule has 13 heteroatoms. The average molecular weight is 520 g/mol. The molecule has 0 atom stereocenters. The number of anilines is 2. The summed E-state index contributed by atoms with van der Waals surface area (Å²) in [5, 5.41) is -0.702. The van der Waals surface area contributed by atoms with Gasteiger partial charge in [-0.3, -0.25) is 9.52 Å². The van der Waals surface area contributed by atoms with Crippen molar-refractivity contribution in [2.45, 2.75) is 11.1 Å². The van der Waals surface area contributed by atoms with Gasteiger partial charge in [0.2, 0.25) is 5.78 Å². The lowest BCUT2D eigenvalue weighted by atomic mass is 10.0. The van der Waals surface area contributed by atoms with Gasteiger partial charge in [0.15, 0.2) is 0 Å². The van der Waals surface area contributed by atoms with Gasteiger partial charge in [-0.2, -0.15) is 13.2 Å². The van der Waals surface area contributed by atoms with Crippen LogP contribution in [0.1, 0.15) is 21.6 Å². The fourth-order valence-corrected chi connectivity index (χ4v) is 4.29. The fraction of sp³-hybridized carbons (Fsp3) is 0.100. The van der Waals surface area contributed by atoms with Crippen LogP contribution in [-0.2, 0) is 16.2 Å². The fourth-order valence-electron chi connectivity index (χ4n) is 2.82. The van der Waals surface area contributed by atoms with E-state index in [-0.39, 0.29) is 33.4 Å². The first-order chi connectivity index (χ1) is 15.3. The zero-order chi connectivity index (χ0) is 24.6. The second-order valence-corrected chi connectivity index (χ2v) is 9.11. The van der Waals surface area contributed by atoms with Gasteiger partial charge in [-0.25, -0.2) is 13.4 Å². The number of nitrogen functional groups attached to an aromatic ring is 1. The molecule has 0 fully saturated rings. The zero-order valence-electron chi connectivity index (χ0n) is 16.6. The van der Waals surface area contributed by atoms with Gasteiger partial charge < -0.3 is 10.5 Å². The molecule has 0 amide bonds. The minimum Gasteiger partial charge on any atom is -0.496 e. The number of ether oxygens (including phenoxy) is 1. The van der Waals surface area contributed by atoms with Gasteiger partial charge >= 0.3 is 6.18 Å². The SMILES string of the molecule is COc1ccc(N)cc1C(=O)c1ncc(Cl)cc1NS(=O)(=O)c1ccc(Cl)c(C(F)(F)F)c1. The van der Waals surface area contributed by atoms with E-state index in [0.29, 0.717) is 6.07 Å². The van der Waals surface area contributed by atoms with Crippen molar-refractivity contribution in [3.05, 3.63) is 75.5 Å². The lowest BCUT2D eigenvalue weighted by Crippen LogP contribution is -2.18. The van der Waals surface area contributed by atoms with E-state index >= 15 is 0 Å². The highest BCUT2D eigenvalue weighted by Gasteiger charge is 2.35. The number of hydrogen-bond acceptors (Lipinski definition) is 6. The second-order valence-electron chi connectivity index (χ2n) is 6.58. The maximum Gasteiger partial charge on any atom is 0.417 e. The number of halogens is 5. The zero-order valence-corrected chi connectivity index (χ0v) is 18.9. The number of nitrogens with one attached hydrogen (secondary N) is 1. The number of ketones is 1. The Kier molecular flexibility index (Phi) is 6.78. The molecule has 174 valence electrons. The molecule has 0 spiro atoms. The van der Waals surface area contributed by atoms with Gasteiger partial charge in [-0.05, 0) is 42.5 Å². The molecule has 3 aromatic rings. The van der Waals surface area contributed by atoms with E-state index in [1.165, 1.54) is 25.3 Å². The van der Waals surface area contributed by atoms with Crippen LogP contribution in [0.2, 0.25) is 10.0 Å². The van der Waals surface area contributed by atoms with Crippen molar-refractivity contribution in [1.82, 2.24) is 4.98 Å². The summed E-state index contributed by atoms with van der Waals surface area (Å²) in [5.74, 6) is -0.618. The average Bonchev–Trinajstić information content (AvgIpc) is 2.72. The summed E-state index contributed by atoms with van der Waals surface area (Å²) in [5.41, 5.74) is 3.88. The maximum absolute atomic E-state index is 13.2. The quantitative estimate of drug-likeness (QED) is 0.349. The number of methoxy groups -OCH3 is 1. The molecule has 0 aliphatic heterocycles. The van der Waals surface area contributed by atoms with E-state index in [4.69, 9.17) is 33.7 Å². The molecule has 7 nitrogen and oxygen atoms in total. The summed E-state index contributed by atoms with van der Waals surface area (Å²) in [6, 6.07) is 7.41. The lowest BCUT2D eigenvalue weighted by Gasteiger charge is -2.15. The minimum absolute atomic E-state index is 0.0152. The number of carbonyl (C=O) groups excluding carboxylic acids is 1. The van der Waals surface area contributed by atoms with Crippen molar-refractivity contribution in [3.63, 3.8) is 0 Å². The molecule has 0 bridgehead atoms. The van der Waals surface area contributed by atoms with Crippen molar-refractivity contribution < 1.29 is 31.1 Å². The molecule has 0 saturated carbocycles. The Morgan fingerprint density at radius 1 is 1.12 bits per heavy atom. The third kappa shape index (κ3) is 5.32. The summed E-state index contributed by atoms with van der Waals surface area (Å²) in [6.07, 6.45) is -3.78. The number of nitrogens with two attached hydrogens (primary N) is 1. The van der Waals surface area contributed by atoms with Crippen LogP contribution in [0.3, 0.4) is 0 Å². The number of sulfonamides is 1. The smallest absolute Gasteiger partial charge is 0.417 e. The van der Waals surface area contributed by atoms with Gasteiger partial charge in [0.1, 0.15) is 11.4 Å². The molecule has 33 heavy (non-hydrogen) atoms. The Balaban J connectivity index is 2.08. The van der Waals surface area contributed by atoms with E-state index in [2.05, 4.69) is 9.71 Å². The first-order valence-corrected chi connectivity index (χ1v) is 11.1. The number of pyridine rings is 1. The highest BCUT2D eigenvalue weighted by atomic mass is 35.5. The van der Waals surface area contributed by atoms with E-state index < -0.39 is 37.5 Å². The topological polar surface area (TPSA) is 111 Å². The number of nitrogens with zero attached hydrogens (tertiary/aromatic N) is 1. The molecular weight excluding hydrogens is 506 g/mol. The number of hydrogen-bond donors (Lipinski definition) is 2. The summed E-state index contributed by atoms with van der Waals surface area (Å²) in [6.45, 7) is 0. The van der Waals surface area contributed by atoms with Crippen LogP contribution in [0.15, 0.2) is 53.6 Å². The second kappa shape index (κ2) is 9.08. The number of benzene rings is 2. The molecule has 1 heterocycles. The van der Waals surface area contributed by atoms with Gasteiger partial charge in [0.05, 0.1) is 38.9 Å². The lowest BCUT2D eigenvalue weighted by molar-refractivity contribution is -0.137. The summed E-state index contributed by atoms with van der Waals surface area (Å²) in [7, 11) is -3.29. The largest absolute Gasteiger partial charge is 0.496 e. The summed E-state index contributed by atoms with van der Waals surface area (Å²) < 4.78 is 72.4. The molecule has 0 aliphatic carbocycles. The van der Waals surface area contributed by atoms with Crippen LogP contribution < -0.4 is 15.2 Å². The van der Waals surface area contributed by atoms with Crippen LogP contribution in [-0.4, -0.2) is 26.3 Å². The van der Waals surface area contributed by atoms with Gasteiger partial charge in [-0.1, -0.05) is 23.2 Å². The highest BCUT2D eigenvalue weighted by molar-refractivity contribution is 7.92. The Morgan fingerprint density at radius 2 is 1.82 bits per heavy atom. The van der Waals surface area contributed by atoms with E-state index in [1.54, 1.807) is 0 Å². The maximum atomic E-state index is 13.2. The highest BCUT2D eigenvalue weighted by Crippen LogP contribution is 2.36. The minimum atomic E-state index is -4.88. The summed E-state index contributed by atoms with van der Waals surface area (Å²) in [4.78, 5) is 16.3. The Labute approximate surface area is 196 Å². The number of aromatic nitrogens is 1.